The molecule has 0 saturated carbocycles. The van der Waals surface area contributed by atoms with Crippen LogP contribution < -0.4 is 4.57 Å². The van der Waals surface area contributed by atoms with E-state index in [1.165, 1.54) is 167 Å². The van der Waals surface area contributed by atoms with Crippen LogP contribution in [-0.2, 0) is 19.5 Å². The van der Waals surface area contributed by atoms with Crippen LogP contribution in [0.25, 0.3) is 0 Å². The first-order chi connectivity index (χ1) is 16.8. The summed E-state index contributed by atoms with van der Waals surface area (Å²) >= 11 is 0. The zero-order chi connectivity index (χ0) is 24.5. The fourth-order valence-electron chi connectivity index (χ4n) is 5.26. The van der Waals surface area contributed by atoms with Gasteiger partial charge in [0.15, 0.2) is 0 Å². The summed E-state index contributed by atoms with van der Waals surface area (Å²) in [6, 6.07) is 0. The van der Waals surface area contributed by atoms with Crippen LogP contribution in [0.4, 0.5) is 0 Å². The average Bonchev–Trinajstić information content (AvgIpc) is 3.23. The van der Waals surface area contributed by atoms with Gasteiger partial charge in [-0.05, 0) is 32.1 Å². The van der Waals surface area contributed by atoms with Crippen LogP contribution in [0.15, 0.2) is 12.4 Å². The van der Waals surface area contributed by atoms with Gasteiger partial charge in [0, 0.05) is 6.42 Å². The standard InChI is InChI=1S/C32H63N2/c1-4-7-10-13-16-17-20-23-26-29-34-31-30-33(28-25-22-19-15-12-9-6-3)32(34)27-24-21-18-14-11-8-5-2/h30-31H,4-29H2,1-3H3/q+1. The summed E-state index contributed by atoms with van der Waals surface area (Å²) in [6.45, 7) is 9.38. The molecule has 1 aromatic heterocycles. The fourth-order valence-corrected chi connectivity index (χ4v) is 5.26. The number of unbranched alkanes of at least 4 members (excludes halogenated alkanes) is 20. The van der Waals surface area contributed by atoms with Crippen molar-refractivity contribution in [3.63, 3.8) is 0 Å². The second kappa shape index (κ2) is 23.9. The molecule has 0 bridgehead atoms. The lowest BCUT2D eigenvalue weighted by molar-refractivity contribution is -0.704. The Kier molecular flexibility index (Phi) is 22.0. The van der Waals surface area contributed by atoms with Crippen molar-refractivity contribution in [2.24, 2.45) is 0 Å². The van der Waals surface area contributed by atoms with Crippen molar-refractivity contribution in [3.8, 4) is 0 Å². The Morgan fingerprint density at radius 2 is 0.912 bits per heavy atom. The average molecular weight is 476 g/mol. The van der Waals surface area contributed by atoms with Crippen LogP contribution in [0.2, 0.25) is 0 Å². The molecule has 0 N–H and O–H groups in total. The number of nitrogens with zero attached hydrogens (tertiary/aromatic N) is 2. The van der Waals surface area contributed by atoms with E-state index in [-0.39, 0.29) is 0 Å². The van der Waals surface area contributed by atoms with Gasteiger partial charge in [-0.2, -0.15) is 0 Å². The van der Waals surface area contributed by atoms with Gasteiger partial charge < -0.3 is 0 Å². The number of aromatic nitrogens is 2. The normalized spacial score (nSPS) is 11.5. The van der Waals surface area contributed by atoms with Crippen LogP contribution in [0, 0.1) is 0 Å². The number of rotatable bonds is 26. The molecule has 0 aromatic carbocycles. The van der Waals surface area contributed by atoms with E-state index in [2.05, 4.69) is 42.3 Å². The van der Waals surface area contributed by atoms with Gasteiger partial charge in [0.2, 0.25) is 0 Å². The van der Waals surface area contributed by atoms with Crippen molar-refractivity contribution in [3.05, 3.63) is 18.2 Å². The van der Waals surface area contributed by atoms with Crippen molar-refractivity contribution in [2.45, 2.75) is 188 Å². The lowest BCUT2D eigenvalue weighted by Gasteiger charge is -2.07. The molecule has 0 aliphatic rings. The van der Waals surface area contributed by atoms with E-state index in [9.17, 15) is 0 Å². The molecule has 2 nitrogen and oxygen atoms in total. The van der Waals surface area contributed by atoms with E-state index in [0.717, 1.165) is 0 Å². The number of hydrogen-bond acceptors (Lipinski definition) is 0. The van der Waals surface area contributed by atoms with Crippen LogP contribution in [0.1, 0.15) is 174 Å². The Hall–Kier alpha value is -0.790. The molecule has 0 aliphatic heterocycles. The first-order valence-electron chi connectivity index (χ1n) is 15.9. The second-order valence-electron chi connectivity index (χ2n) is 10.9. The zero-order valence-corrected chi connectivity index (χ0v) is 23.9. The molecule has 1 heterocycles. The Morgan fingerprint density at radius 3 is 1.41 bits per heavy atom. The lowest BCUT2D eigenvalue weighted by Crippen LogP contribution is -2.37. The summed E-state index contributed by atoms with van der Waals surface area (Å²) in [5, 5.41) is 0. The number of hydrogen-bond donors (Lipinski definition) is 0. The summed E-state index contributed by atoms with van der Waals surface area (Å²) < 4.78 is 5.22. The Morgan fingerprint density at radius 1 is 0.500 bits per heavy atom. The van der Waals surface area contributed by atoms with Gasteiger partial charge in [0.1, 0.15) is 12.4 Å². The summed E-state index contributed by atoms with van der Waals surface area (Å²) in [4.78, 5) is 0. The van der Waals surface area contributed by atoms with Gasteiger partial charge in [-0.1, -0.05) is 136 Å². The molecule has 0 fully saturated rings. The molecule has 0 amide bonds. The van der Waals surface area contributed by atoms with Gasteiger partial charge in [-0.3, -0.25) is 0 Å². The monoisotopic (exact) mass is 475 g/mol. The van der Waals surface area contributed by atoms with Crippen LogP contribution in [-0.4, -0.2) is 4.57 Å². The highest BCUT2D eigenvalue weighted by Gasteiger charge is 2.16. The summed E-state index contributed by atoms with van der Waals surface area (Å²) in [7, 11) is 0. The minimum atomic E-state index is 1.23. The van der Waals surface area contributed by atoms with Crippen molar-refractivity contribution in [2.75, 3.05) is 0 Å². The zero-order valence-electron chi connectivity index (χ0n) is 23.9. The quantitative estimate of drug-likeness (QED) is 0.0930. The number of imidazole rings is 1. The highest BCUT2D eigenvalue weighted by atomic mass is 15.1. The maximum absolute atomic E-state index is 2.61. The largest absolute Gasteiger partial charge is 0.256 e. The maximum Gasteiger partial charge on any atom is 0.256 e. The van der Waals surface area contributed by atoms with E-state index in [1.54, 1.807) is 5.82 Å². The predicted molar refractivity (Wildman–Crippen MR) is 152 cm³/mol. The van der Waals surface area contributed by atoms with Gasteiger partial charge >= 0.3 is 0 Å². The minimum Gasteiger partial charge on any atom is -0.234 e. The Labute approximate surface area is 215 Å². The molecule has 0 spiro atoms. The van der Waals surface area contributed by atoms with E-state index in [1.807, 2.05) is 0 Å². The molecule has 1 rings (SSSR count). The highest BCUT2D eigenvalue weighted by Crippen LogP contribution is 2.13. The molecule has 1 aromatic rings. The third-order valence-electron chi connectivity index (χ3n) is 7.60. The topological polar surface area (TPSA) is 8.81 Å². The lowest BCUT2D eigenvalue weighted by atomic mass is 10.1. The Balaban J connectivity index is 2.37. The van der Waals surface area contributed by atoms with Crippen LogP contribution in [0.5, 0.6) is 0 Å². The molecule has 0 unspecified atom stereocenters. The highest BCUT2D eigenvalue weighted by molar-refractivity contribution is 4.84. The van der Waals surface area contributed by atoms with Crippen LogP contribution in [0.3, 0.4) is 0 Å². The maximum atomic E-state index is 2.61. The summed E-state index contributed by atoms with van der Waals surface area (Å²) in [6.07, 6.45) is 38.5. The van der Waals surface area contributed by atoms with Crippen molar-refractivity contribution < 1.29 is 4.57 Å². The van der Waals surface area contributed by atoms with Gasteiger partial charge in [-0.15, -0.1) is 0 Å². The predicted octanol–water partition coefficient (Wildman–Crippen LogP) is 10.4. The fraction of sp³-hybridized carbons (Fsp3) is 0.906. The van der Waals surface area contributed by atoms with Crippen molar-refractivity contribution >= 4 is 0 Å². The molecule has 0 aliphatic carbocycles. The van der Waals surface area contributed by atoms with Gasteiger partial charge in [0.25, 0.3) is 5.82 Å². The third-order valence-corrected chi connectivity index (χ3v) is 7.60. The molecule has 34 heavy (non-hydrogen) atoms. The van der Waals surface area contributed by atoms with E-state index in [0.29, 0.717) is 0 Å². The van der Waals surface area contributed by atoms with Crippen LogP contribution >= 0.6 is 0 Å². The Bertz CT molecular complexity index is 533. The first kappa shape index (κ1) is 31.2. The van der Waals surface area contributed by atoms with E-state index in [4.69, 9.17) is 0 Å². The van der Waals surface area contributed by atoms with Crippen molar-refractivity contribution in [1.29, 1.82) is 0 Å². The summed E-state index contributed by atoms with van der Waals surface area (Å²) in [5.74, 6) is 1.61. The number of aryl methyl sites for hydroxylation is 2. The molecular weight excluding hydrogens is 412 g/mol. The molecule has 2 heteroatoms. The van der Waals surface area contributed by atoms with E-state index >= 15 is 0 Å². The third kappa shape index (κ3) is 16.8. The molecule has 0 radical (unpaired) electrons. The van der Waals surface area contributed by atoms with E-state index < -0.39 is 0 Å². The molecule has 0 saturated heterocycles. The first-order valence-corrected chi connectivity index (χ1v) is 15.9. The van der Waals surface area contributed by atoms with Gasteiger partial charge in [0.05, 0.1) is 13.1 Å². The SMILES string of the molecule is CCCCCCCCCCC[n+]1ccn(CCCCCCCCC)c1CCCCCCCCC. The molecular formula is C32H63N2+. The van der Waals surface area contributed by atoms with Crippen molar-refractivity contribution in [1.82, 2.24) is 4.57 Å². The minimum absolute atomic E-state index is 1.23. The second-order valence-corrected chi connectivity index (χ2v) is 10.9. The smallest absolute Gasteiger partial charge is 0.234 e. The molecule has 0 atom stereocenters. The molecule has 200 valence electrons. The summed E-state index contributed by atoms with van der Waals surface area (Å²) in [5.41, 5.74) is 0. The van der Waals surface area contributed by atoms with Gasteiger partial charge in [-0.25, -0.2) is 9.13 Å².